The number of thiazole rings is 1. The van der Waals surface area contributed by atoms with E-state index in [0.29, 0.717) is 20.8 Å². The summed E-state index contributed by atoms with van der Waals surface area (Å²) in [6.45, 7) is 0.211. The molecule has 0 spiro atoms. The monoisotopic (exact) mass is 631 g/mol. The van der Waals surface area contributed by atoms with Gasteiger partial charge in [-0.2, -0.15) is 0 Å². The summed E-state index contributed by atoms with van der Waals surface area (Å²) in [7, 11) is 3.09. The normalized spacial score (nSPS) is 15.3. The van der Waals surface area contributed by atoms with Gasteiger partial charge < -0.3 is 14.2 Å². The summed E-state index contributed by atoms with van der Waals surface area (Å²) in [5, 5.41) is 12.3. The minimum atomic E-state index is -0.481. The predicted molar refractivity (Wildman–Crippen MR) is 176 cm³/mol. The van der Waals surface area contributed by atoms with Crippen molar-refractivity contribution in [3.63, 3.8) is 0 Å². The molecule has 46 heavy (non-hydrogen) atoms. The number of rotatable bonds is 8. The summed E-state index contributed by atoms with van der Waals surface area (Å²) >= 11 is 1.20. The van der Waals surface area contributed by atoms with Crippen molar-refractivity contribution < 1.29 is 19.1 Å². The van der Waals surface area contributed by atoms with Gasteiger partial charge in [-0.15, -0.1) is 0 Å². The van der Waals surface area contributed by atoms with Gasteiger partial charge in [-0.3, -0.25) is 19.5 Å². The molecule has 4 aromatic carbocycles. The molecule has 5 aromatic rings. The molecular formula is C36H29N3O6S. The van der Waals surface area contributed by atoms with Gasteiger partial charge in [0.1, 0.15) is 12.4 Å². The van der Waals surface area contributed by atoms with Gasteiger partial charge in [-0.05, 0) is 47.8 Å². The fourth-order valence-electron chi connectivity index (χ4n) is 6.18. The quantitative estimate of drug-likeness (QED) is 0.158. The molecule has 230 valence electrons. The van der Waals surface area contributed by atoms with E-state index in [1.54, 1.807) is 17.8 Å². The van der Waals surface area contributed by atoms with Gasteiger partial charge in [0, 0.05) is 11.1 Å². The molecule has 0 bridgehead atoms. The lowest BCUT2D eigenvalue weighted by Gasteiger charge is -2.31. The molecule has 0 unspecified atom stereocenters. The number of fused-ring (bicyclic) bond motifs is 3. The molecule has 2 aliphatic rings. The van der Waals surface area contributed by atoms with Crippen molar-refractivity contribution >= 4 is 28.8 Å². The molecule has 0 saturated heterocycles. The van der Waals surface area contributed by atoms with Crippen LogP contribution < -0.4 is 29.1 Å². The van der Waals surface area contributed by atoms with Gasteiger partial charge in [0.2, 0.25) is 0 Å². The van der Waals surface area contributed by atoms with Crippen molar-refractivity contribution in [3.05, 3.63) is 154 Å². The van der Waals surface area contributed by atoms with Gasteiger partial charge in [0.05, 0.1) is 47.0 Å². The first-order chi connectivity index (χ1) is 22.5. The van der Waals surface area contributed by atoms with E-state index in [-0.39, 0.29) is 29.2 Å². The zero-order chi connectivity index (χ0) is 31.8. The Morgan fingerprint density at radius 3 is 2.46 bits per heavy atom. The third-order valence-electron chi connectivity index (χ3n) is 8.34. The average Bonchev–Trinajstić information content (AvgIpc) is 3.40. The number of hydrogen-bond donors (Lipinski definition) is 0. The zero-order valence-corrected chi connectivity index (χ0v) is 26.0. The van der Waals surface area contributed by atoms with E-state index in [0.717, 1.165) is 40.8 Å². The number of aromatic nitrogens is 1. The van der Waals surface area contributed by atoms with Crippen LogP contribution in [0.5, 0.6) is 17.2 Å². The summed E-state index contributed by atoms with van der Waals surface area (Å²) in [6.07, 6.45) is 3.10. The van der Waals surface area contributed by atoms with Crippen LogP contribution in [0.2, 0.25) is 0 Å². The molecule has 10 heteroatoms. The second-order valence-electron chi connectivity index (χ2n) is 10.9. The Morgan fingerprint density at radius 2 is 1.67 bits per heavy atom. The SMILES string of the molecule is COc1cc(/C=c2\sc3n(c2=O)[C@@H](c2ccccc2OC)C2=C(N=3)c3ccccc3CC2)c([N+](=O)[O-])cc1OCc1ccccc1. The Hall–Kier alpha value is -5.48. The minimum Gasteiger partial charge on any atom is -0.496 e. The Kier molecular flexibility index (Phi) is 7.71. The first-order valence-electron chi connectivity index (χ1n) is 14.8. The maximum absolute atomic E-state index is 14.3. The Morgan fingerprint density at radius 1 is 0.935 bits per heavy atom. The molecule has 1 aliphatic heterocycles. The number of ether oxygens (including phenoxy) is 3. The molecule has 0 fully saturated rings. The van der Waals surface area contributed by atoms with Crippen molar-refractivity contribution in [1.82, 2.24) is 4.57 Å². The van der Waals surface area contributed by atoms with Crippen LogP contribution in [-0.2, 0) is 13.0 Å². The van der Waals surface area contributed by atoms with Crippen LogP contribution in [-0.4, -0.2) is 23.7 Å². The highest BCUT2D eigenvalue weighted by atomic mass is 32.1. The van der Waals surface area contributed by atoms with E-state index < -0.39 is 11.0 Å². The Bertz CT molecular complexity index is 2200. The topological polar surface area (TPSA) is 105 Å². The van der Waals surface area contributed by atoms with Crippen LogP contribution in [0.15, 0.2) is 106 Å². The molecule has 7 rings (SSSR count). The standard InChI is InChI=1S/C36H29N3O6S/c1-43-29-15-9-8-14-26(29)34-27-17-16-23-12-6-7-13-25(23)33(27)37-36-38(34)35(40)32(46-36)19-24-18-30(44-2)31(20-28(24)39(41)42)45-21-22-10-4-3-5-11-22/h3-15,18-20,34H,16-17,21H2,1-2H3/b32-19-/t34-/m0/s1. The van der Waals surface area contributed by atoms with Crippen molar-refractivity contribution in [1.29, 1.82) is 0 Å². The maximum Gasteiger partial charge on any atom is 0.280 e. The Labute approximate surface area is 268 Å². The third-order valence-corrected chi connectivity index (χ3v) is 9.32. The number of methoxy groups -OCH3 is 2. The fraction of sp³-hybridized carbons (Fsp3) is 0.167. The van der Waals surface area contributed by atoms with Gasteiger partial charge >= 0.3 is 0 Å². The van der Waals surface area contributed by atoms with Gasteiger partial charge in [0.15, 0.2) is 16.3 Å². The summed E-state index contributed by atoms with van der Waals surface area (Å²) in [5.41, 5.74) is 5.65. The molecule has 2 heterocycles. The first kappa shape index (κ1) is 29.2. The minimum absolute atomic E-state index is 0.204. The van der Waals surface area contributed by atoms with Crippen LogP contribution in [0.4, 0.5) is 5.69 Å². The van der Waals surface area contributed by atoms with Crippen molar-refractivity contribution in [2.75, 3.05) is 14.2 Å². The summed E-state index contributed by atoms with van der Waals surface area (Å²) < 4.78 is 19.3. The zero-order valence-electron chi connectivity index (χ0n) is 25.1. The van der Waals surface area contributed by atoms with Gasteiger partial charge in [-0.1, -0.05) is 84.1 Å². The number of allylic oxidation sites excluding steroid dienone is 1. The molecule has 9 nitrogen and oxygen atoms in total. The lowest BCUT2D eigenvalue weighted by molar-refractivity contribution is -0.385. The number of para-hydroxylation sites is 1. The second kappa shape index (κ2) is 12.1. The maximum atomic E-state index is 14.3. The predicted octanol–water partition coefficient (Wildman–Crippen LogP) is 5.82. The first-order valence-corrected chi connectivity index (χ1v) is 15.6. The van der Waals surface area contributed by atoms with Crippen molar-refractivity contribution in [3.8, 4) is 17.2 Å². The number of hydrogen-bond acceptors (Lipinski definition) is 8. The number of benzene rings is 4. The lowest BCUT2D eigenvalue weighted by atomic mass is 9.83. The second-order valence-corrected chi connectivity index (χ2v) is 12.0. The van der Waals surface area contributed by atoms with E-state index in [4.69, 9.17) is 19.2 Å². The largest absolute Gasteiger partial charge is 0.496 e. The van der Waals surface area contributed by atoms with Gasteiger partial charge in [0.25, 0.3) is 11.2 Å². The van der Waals surface area contributed by atoms with Crippen LogP contribution in [0.1, 0.15) is 40.3 Å². The van der Waals surface area contributed by atoms with Crippen molar-refractivity contribution in [2.45, 2.75) is 25.5 Å². The van der Waals surface area contributed by atoms with E-state index in [2.05, 4.69) is 12.1 Å². The molecule has 0 N–H and O–H groups in total. The molecule has 0 saturated carbocycles. The number of nitro benzene ring substituents is 1. The number of aryl methyl sites for hydroxylation is 1. The molecule has 1 aromatic heterocycles. The summed E-state index contributed by atoms with van der Waals surface area (Å²) in [5.74, 6) is 1.22. The van der Waals surface area contributed by atoms with Crippen molar-refractivity contribution in [2.24, 2.45) is 4.99 Å². The lowest BCUT2D eigenvalue weighted by Crippen LogP contribution is -2.39. The third kappa shape index (κ3) is 5.16. The number of nitrogens with zero attached hydrogens (tertiary/aromatic N) is 3. The van der Waals surface area contributed by atoms with Crippen LogP contribution in [0.25, 0.3) is 11.8 Å². The average molecular weight is 632 g/mol. The highest BCUT2D eigenvalue weighted by Crippen LogP contribution is 2.43. The molecular weight excluding hydrogens is 602 g/mol. The molecule has 0 amide bonds. The molecule has 1 atom stereocenters. The fourth-order valence-corrected chi connectivity index (χ4v) is 7.17. The smallest absolute Gasteiger partial charge is 0.280 e. The van der Waals surface area contributed by atoms with E-state index in [9.17, 15) is 14.9 Å². The van der Waals surface area contributed by atoms with Crippen LogP contribution in [0, 0.1) is 10.1 Å². The molecule has 1 aliphatic carbocycles. The van der Waals surface area contributed by atoms with Crippen LogP contribution in [0.3, 0.4) is 0 Å². The highest BCUT2D eigenvalue weighted by molar-refractivity contribution is 7.07. The van der Waals surface area contributed by atoms with E-state index >= 15 is 0 Å². The summed E-state index contributed by atoms with van der Waals surface area (Å²) in [6, 6.07) is 27.8. The van der Waals surface area contributed by atoms with E-state index in [1.807, 2.05) is 66.7 Å². The van der Waals surface area contributed by atoms with Crippen LogP contribution >= 0.6 is 11.3 Å². The van der Waals surface area contributed by atoms with E-state index in [1.165, 1.54) is 36.1 Å². The molecule has 0 radical (unpaired) electrons. The Balaban J connectivity index is 1.40. The van der Waals surface area contributed by atoms with Gasteiger partial charge in [-0.25, -0.2) is 4.99 Å². The summed E-state index contributed by atoms with van der Waals surface area (Å²) in [4.78, 5) is 31.6. The highest BCUT2D eigenvalue weighted by Gasteiger charge is 2.34. The number of nitro groups is 1.